The van der Waals surface area contributed by atoms with E-state index in [0.29, 0.717) is 0 Å². The first-order chi connectivity index (χ1) is 9.26. The Balaban J connectivity index is 1.96. The number of rotatable bonds is 3. The van der Waals surface area contributed by atoms with Crippen molar-refractivity contribution >= 4 is 33.0 Å². The third-order valence-corrected chi connectivity index (χ3v) is 4.50. The van der Waals surface area contributed by atoms with Crippen LogP contribution >= 0.6 is 27.3 Å². The fourth-order valence-electron chi connectivity index (χ4n) is 1.87. The molecule has 0 aliphatic rings. The van der Waals surface area contributed by atoms with Gasteiger partial charge in [-0.1, -0.05) is 12.1 Å². The van der Waals surface area contributed by atoms with E-state index in [2.05, 4.69) is 43.3 Å². The molecule has 19 heavy (non-hydrogen) atoms. The first-order valence-electron chi connectivity index (χ1n) is 5.85. The lowest BCUT2D eigenvalue weighted by molar-refractivity contribution is 1.31. The predicted molar refractivity (Wildman–Crippen MR) is 84.6 cm³/mol. The number of aromatic amines is 1. The van der Waals surface area contributed by atoms with Crippen LogP contribution in [0.1, 0.15) is 0 Å². The highest BCUT2D eigenvalue weighted by atomic mass is 79.9. The first kappa shape index (κ1) is 12.4. The molecule has 1 aromatic carbocycles. The maximum atomic E-state index is 4.46. The highest BCUT2D eigenvalue weighted by Gasteiger charge is 2.07. The highest BCUT2D eigenvalue weighted by molar-refractivity contribution is 9.11. The Labute approximate surface area is 123 Å². The lowest BCUT2D eigenvalue weighted by Gasteiger charge is -2.02. The van der Waals surface area contributed by atoms with Crippen LogP contribution < -0.4 is 5.32 Å². The van der Waals surface area contributed by atoms with Crippen molar-refractivity contribution in [3.05, 3.63) is 46.4 Å². The molecule has 0 fully saturated rings. The van der Waals surface area contributed by atoms with Crippen molar-refractivity contribution in [1.82, 2.24) is 9.97 Å². The number of hydrogen-bond acceptors (Lipinski definition) is 3. The summed E-state index contributed by atoms with van der Waals surface area (Å²) in [4.78, 5) is 8.99. The topological polar surface area (TPSA) is 40.7 Å². The molecule has 0 atom stereocenters. The van der Waals surface area contributed by atoms with Gasteiger partial charge in [0.15, 0.2) is 0 Å². The van der Waals surface area contributed by atoms with Crippen LogP contribution in [0, 0.1) is 0 Å². The Hall–Kier alpha value is -1.59. The third-order valence-electron chi connectivity index (χ3n) is 2.84. The highest BCUT2D eigenvalue weighted by Crippen LogP contribution is 2.31. The van der Waals surface area contributed by atoms with Crippen LogP contribution in [0.15, 0.2) is 46.4 Å². The van der Waals surface area contributed by atoms with Gasteiger partial charge >= 0.3 is 0 Å². The van der Waals surface area contributed by atoms with Crippen LogP contribution in [0.5, 0.6) is 0 Å². The molecule has 5 heteroatoms. The number of halogens is 1. The van der Waals surface area contributed by atoms with Gasteiger partial charge in [0.25, 0.3) is 0 Å². The number of thiophene rings is 1. The zero-order valence-corrected chi connectivity index (χ0v) is 12.7. The van der Waals surface area contributed by atoms with Crippen LogP contribution in [-0.2, 0) is 0 Å². The SMILES string of the molecule is CNc1cccc(-c2ncc(-c3ccc(Br)s3)[nH]2)c1. The minimum Gasteiger partial charge on any atom is -0.388 e. The van der Waals surface area contributed by atoms with E-state index in [1.807, 2.05) is 37.5 Å². The molecule has 96 valence electrons. The Morgan fingerprint density at radius 2 is 2.16 bits per heavy atom. The van der Waals surface area contributed by atoms with Crippen molar-refractivity contribution in [3.8, 4) is 22.0 Å². The summed E-state index contributed by atoms with van der Waals surface area (Å²) in [7, 11) is 1.91. The van der Waals surface area contributed by atoms with Crippen molar-refractivity contribution in [1.29, 1.82) is 0 Å². The number of nitrogens with one attached hydrogen (secondary N) is 2. The maximum Gasteiger partial charge on any atom is 0.137 e. The zero-order chi connectivity index (χ0) is 13.2. The summed E-state index contributed by atoms with van der Waals surface area (Å²) in [5.41, 5.74) is 3.20. The lowest BCUT2D eigenvalue weighted by Crippen LogP contribution is -1.88. The Morgan fingerprint density at radius 3 is 2.89 bits per heavy atom. The number of anilines is 1. The summed E-state index contributed by atoms with van der Waals surface area (Å²) in [6.07, 6.45) is 1.87. The van der Waals surface area contributed by atoms with Gasteiger partial charge < -0.3 is 10.3 Å². The fourth-order valence-corrected chi connectivity index (χ4v) is 3.23. The van der Waals surface area contributed by atoms with Gasteiger partial charge in [0.05, 0.1) is 20.6 Å². The molecular formula is C14H12BrN3S. The average molecular weight is 334 g/mol. The van der Waals surface area contributed by atoms with Gasteiger partial charge in [-0.15, -0.1) is 11.3 Å². The molecule has 0 aliphatic carbocycles. The van der Waals surface area contributed by atoms with Gasteiger partial charge in [0, 0.05) is 18.3 Å². The number of aromatic nitrogens is 2. The van der Waals surface area contributed by atoms with Crippen LogP contribution in [0.25, 0.3) is 22.0 Å². The van der Waals surface area contributed by atoms with Crippen molar-refractivity contribution in [2.24, 2.45) is 0 Å². The maximum absolute atomic E-state index is 4.46. The molecule has 0 aliphatic heterocycles. The second-order valence-electron chi connectivity index (χ2n) is 4.08. The molecule has 0 radical (unpaired) electrons. The Kier molecular flexibility index (Phi) is 3.40. The van der Waals surface area contributed by atoms with E-state index in [4.69, 9.17) is 0 Å². The molecule has 2 heterocycles. The van der Waals surface area contributed by atoms with Gasteiger partial charge in [0.1, 0.15) is 5.82 Å². The molecule has 3 nitrogen and oxygen atoms in total. The Bertz CT molecular complexity index is 702. The van der Waals surface area contributed by atoms with E-state index >= 15 is 0 Å². The molecule has 3 rings (SSSR count). The quantitative estimate of drug-likeness (QED) is 0.734. The molecule has 0 spiro atoms. The van der Waals surface area contributed by atoms with Gasteiger partial charge in [0.2, 0.25) is 0 Å². The normalized spacial score (nSPS) is 10.6. The van der Waals surface area contributed by atoms with Crippen molar-refractivity contribution < 1.29 is 0 Å². The van der Waals surface area contributed by atoms with Crippen LogP contribution in [0.2, 0.25) is 0 Å². The van der Waals surface area contributed by atoms with Crippen molar-refractivity contribution in [3.63, 3.8) is 0 Å². The minimum absolute atomic E-state index is 0.886. The molecular weight excluding hydrogens is 322 g/mol. The minimum atomic E-state index is 0.886. The predicted octanol–water partition coefficient (Wildman–Crippen LogP) is 4.61. The average Bonchev–Trinajstić information content (AvgIpc) is 3.07. The second-order valence-corrected chi connectivity index (χ2v) is 6.54. The van der Waals surface area contributed by atoms with Gasteiger partial charge in [-0.2, -0.15) is 0 Å². The largest absolute Gasteiger partial charge is 0.388 e. The molecule has 0 amide bonds. The van der Waals surface area contributed by atoms with Crippen LogP contribution in [0.4, 0.5) is 5.69 Å². The van der Waals surface area contributed by atoms with Gasteiger partial charge in [-0.25, -0.2) is 4.98 Å². The molecule has 2 N–H and O–H groups in total. The number of imidazole rings is 1. The monoisotopic (exact) mass is 333 g/mol. The number of benzene rings is 1. The molecule has 0 bridgehead atoms. The summed E-state index contributed by atoms with van der Waals surface area (Å²) in [5.74, 6) is 0.886. The van der Waals surface area contributed by atoms with E-state index < -0.39 is 0 Å². The molecule has 0 saturated heterocycles. The summed E-state index contributed by atoms with van der Waals surface area (Å²) < 4.78 is 1.12. The molecule has 2 aromatic heterocycles. The number of nitrogens with zero attached hydrogens (tertiary/aromatic N) is 1. The van der Waals surface area contributed by atoms with Crippen LogP contribution in [-0.4, -0.2) is 17.0 Å². The Morgan fingerprint density at radius 1 is 1.26 bits per heavy atom. The smallest absolute Gasteiger partial charge is 0.137 e. The van der Waals surface area contributed by atoms with Gasteiger partial charge in [-0.05, 0) is 40.2 Å². The summed E-state index contributed by atoms with van der Waals surface area (Å²) in [5, 5.41) is 3.13. The van der Waals surface area contributed by atoms with Crippen LogP contribution in [0.3, 0.4) is 0 Å². The third kappa shape index (κ3) is 2.57. The van der Waals surface area contributed by atoms with E-state index in [1.165, 1.54) is 4.88 Å². The van der Waals surface area contributed by atoms with E-state index in [1.54, 1.807) is 11.3 Å². The van der Waals surface area contributed by atoms with E-state index in [0.717, 1.165) is 26.6 Å². The molecule has 3 aromatic rings. The zero-order valence-electron chi connectivity index (χ0n) is 10.3. The van der Waals surface area contributed by atoms with Crippen molar-refractivity contribution in [2.75, 3.05) is 12.4 Å². The molecule has 0 unspecified atom stereocenters. The lowest BCUT2D eigenvalue weighted by atomic mass is 10.2. The van der Waals surface area contributed by atoms with Gasteiger partial charge in [-0.3, -0.25) is 0 Å². The summed E-state index contributed by atoms with van der Waals surface area (Å²) >= 11 is 5.17. The van der Waals surface area contributed by atoms with E-state index in [9.17, 15) is 0 Å². The number of H-pyrrole nitrogens is 1. The standard InChI is InChI=1S/C14H12BrN3S/c1-16-10-4-2-3-9(7-10)14-17-8-11(18-14)12-5-6-13(15)19-12/h2-8,16H,1H3,(H,17,18). The molecule has 0 saturated carbocycles. The summed E-state index contributed by atoms with van der Waals surface area (Å²) in [6, 6.07) is 12.3. The summed E-state index contributed by atoms with van der Waals surface area (Å²) in [6.45, 7) is 0. The first-order valence-corrected chi connectivity index (χ1v) is 7.46. The van der Waals surface area contributed by atoms with E-state index in [-0.39, 0.29) is 0 Å². The fraction of sp³-hybridized carbons (Fsp3) is 0.0714. The van der Waals surface area contributed by atoms with Crippen molar-refractivity contribution in [2.45, 2.75) is 0 Å². The number of hydrogen-bond donors (Lipinski definition) is 2. The second kappa shape index (κ2) is 5.19.